The van der Waals surface area contributed by atoms with Crippen LogP contribution in [-0.2, 0) is 11.3 Å². The number of rotatable bonds is 5. The molecule has 1 fully saturated rings. The predicted molar refractivity (Wildman–Crippen MR) is 92.9 cm³/mol. The Balaban J connectivity index is 0.00000208. The lowest BCUT2D eigenvalue weighted by molar-refractivity contribution is -0.126. The number of nitrogens with one attached hydrogen (secondary N) is 2. The average Bonchev–Trinajstić information content (AvgIpc) is 3.22. The van der Waals surface area contributed by atoms with Gasteiger partial charge in [-0.3, -0.25) is 9.89 Å². The van der Waals surface area contributed by atoms with E-state index < -0.39 is 5.54 Å². The molecule has 1 aromatic carbocycles. The van der Waals surface area contributed by atoms with Gasteiger partial charge in [-0.1, -0.05) is 12.8 Å². The first kappa shape index (κ1) is 18.2. The number of amides is 1. The zero-order valence-corrected chi connectivity index (χ0v) is 14.4. The molecular weight excluding hydrogens is 330 g/mol. The average molecular weight is 352 g/mol. The van der Waals surface area contributed by atoms with Crippen LogP contribution in [0, 0.1) is 0 Å². The lowest BCUT2D eigenvalue weighted by Crippen LogP contribution is -2.51. The van der Waals surface area contributed by atoms with Crippen LogP contribution in [0.3, 0.4) is 0 Å². The molecule has 0 unspecified atom stereocenters. The SMILES string of the molecule is COc1ccc(-c2n[nH]c(CNC(=O)C3(N)CCCC3)n2)cc1.Cl. The largest absolute Gasteiger partial charge is 0.497 e. The molecule has 1 aliphatic carbocycles. The Labute approximate surface area is 146 Å². The second kappa shape index (κ2) is 7.63. The number of aromatic nitrogens is 3. The van der Waals surface area contributed by atoms with E-state index in [4.69, 9.17) is 10.5 Å². The van der Waals surface area contributed by atoms with Crippen LogP contribution in [0.15, 0.2) is 24.3 Å². The van der Waals surface area contributed by atoms with E-state index in [1.165, 1.54) is 0 Å². The molecule has 0 atom stereocenters. The summed E-state index contributed by atoms with van der Waals surface area (Å²) in [6, 6.07) is 7.48. The Morgan fingerprint density at radius 2 is 2.00 bits per heavy atom. The van der Waals surface area contributed by atoms with E-state index in [2.05, 4.69) is 20.5 Å². The van der Waals surface area contributed by atoms with E-state index in [-0.39, 0.29) is 18.3 Å². The molecule has 0 bridgehead atoms. The Morgan fingerprint density at radius 3 is 2.62 bits per heavy atom. The zero-order valence-electron chi connectivity index (χ0n) is 13.5. The fourth-order valence-electron chi connectivity index (χ4n) is 2.82. The maximum Gasteiger partial charge on any atom is 0.240 e. The number of aromatic amines is 1. The maximum absolute atomic E-state index is 12.2. The minimum absolute atomic E-state index is 0. The number of hydrogen-bond acceptors (Lipinski definition) is 5. The van der Waals surface area contributed by atoms with E-state index in [9.17, 15) is 4.79 Å². The highest BCUT2D eigenvalue weighted by Crippen LogP contribution is 2.27. The van der Waals surface area contributed by atoms with Crippen molar-refractivity contribution in [1.82, 2.24) is 20.5 Å². The molecule has 0 radical (unpaired) electrons. The highest BCUT2D eigenvalue weighted by atomic mass is 35.5. The maximum atomic E-state index is 12.2. The van der Waals surface area contributed by atoms with Crippen molar-refractivity contribution in [2.75, 3.05) is 7.11 Å². The van der Waals surface area contributed by atoms with Gasteiger partial charge in [-0.15, -0.1) is 12.4 Å². The lowest BCUT2D eigenvalue weighted by Gasteiger charge is -2.21. The number of H-pyrrole nitrogens is 1. The number of carbonyl (C=O) groups is 1. The van der Waals surface area contributed by atoms with Crippen molar-refractivity contribution in [2.45, 2.75) is 37.8 Å². The smallest absolute Gasteiger partial charge is 0.240 e. The van der Waals surface area contributed by atoms with Crippen LogP contribution in [0.1, 0.15) is 31.5 Å². The van der Waals surface area contributed by atoms with E-state index >= 15 is 0 Å². The second-order valence-corrected chi connectivity index (χ2v) is 5.88. The first-order valence-electron chi connectivity index (χ1n) is 7.74. The number of benzene rings is 1. The van der Waals surface area contributed by atoms with Crippen LogP contribution >= 0.6 is 12.4 Å². The minimum Gasteiger partial charge on any atom is -0.497 e. The molecule has 4 N–H and O–H groups in total. The number of methoxy groups -OCH3 is 1. The van der Waals surface area contributed by atoms with Gasteiger partial charge in [-0.05, 0) is 37.1 Å². The van der Waals surface area contributed by atoms with Crippen LogP contribution in [-0.4, -0.2) is 33.7 Å². The molecular formula is C16H22ClN5O2. The highest BCUT2D eigenvalue weighted by molar-refractivity contribution is 5.86. The van der Waals surface area contributed by atoms with Crippen LogP contribution in [0.2, 0.25) is 0 Å². The van der Waals surface area contributed by atoms with Gasteiger partial charge < -0.3 is 15.8 Å². The molecule has 1 aromatic heterocycles. The molecule has 0 saturated heterocycles. The first-order chi connectivity index (χ1) is 11.1. The van der Waals surface area contributed by atoms with Crippen molar-refractivity contribution in [3.05, 3.63) is 30.1 Å². The summed E-state index contributed by atoms with van der Waals surface area (Å²) in [5.41, 5.74) is 6.28. The van der Waals surface area contributed by atoms with E-state index in [0.717, 1.165) is 37.0 Å². The fourth-order valence-corrected chi connectivity index (χ4v) is 2.82. The highest BCUT2D eigenvalue weighted by Gasteiger charge is 2.36. The summed E-state index contributed by atoms with van der Waals surface area (Å²) in [7, 11) is 1.62. The number of ether oxygens (including phenoxy) is 1. The lowest BCUT2D eigenvalue weighted by atomic mass is 9.98. The molecule has 1 heterocycles. The number of halogens is 1. The summed E-state index contributed by atoms with van der Waals surface area (Å²) in [6.45, 7) is 0.293. The first-order valence-corrected chi connectivity index (χ1v) is 7.74. The summed E-state index contributed by atoms with van der Waals surface area (Å²) in [4.78, 5) is 16.6. The van der Waals surface area contributed by atoms with E-state index in [1.54, 1.807) is 7.11 Å². The monoisotopic (exact) mass is 351 g/mol. The third-order valence-electron chi connectivity index (χ3n) is 4.24. The van der Waals surface area contributed by atoms with Gasteiger partial charge in [0.25, 0.3) is 0 Å². The van der Waals surface area contributed by atoms with E-state index in [0.29, 0.717) is 18.2 Å². The molecule has 1 saturated carbocycles. The fraction of sp³-hybridized carbons (Fsp3) is 0.438. The zero-order chi connectivity index (χ0) is 16.3. The standard InChI is InChI=1S/C16H21N5O2.ClH/c1-23-12-6-4-11(5-7-12)14-19-13(20-21-14)10-18-15(22)16(17)8-2-3-9-16;/h4-7H,2-3,8-10,17H2,1H3,(H,18,22)(H,19,20,21);1H. The number of nitrogens with zero attached hydrogens (tertiary/aromatic N) is 2. The van der Waals surface area contributed by atoms with Gasteiger partial charge in [0, 0.05) is 5.56 Å². The Bertz CT molecular complexity index is 680. The summed E-state index contributed by atoms with van der Waals surface area (Å²) in [6.07, 6.45) is 3.50. The van der Waals surface area contributed by atoms with Crippen LogP contribution in [0.4, 0.5) is 0 Å². The van der Waals surface area contributed by atoms with Gasteiger partial charge in [0.1, 0.15) is 11.6 Å². The molecule has 0 spiro atoms. The van der Waals surface area contributed by atoms with Crippen molar-refractivity contribution < 1.29 is 9.53 Å². The molecule has 24 heavy (non-hydrogen) atoms. The van der Waals surface area contributed by atoms with Gasteiger partial charge in [0.15, 0.2) is 5.82 Å². The second-order valence-electron chi connectivity index (χ2n) is 5.88. The number of carbonyl (C=O) groups excluding carboxylic acids is 1. The third-order valence-corrected chi connectivity index (χ3v) is 4.24. The van der Waals surface area contributed by atoms with Crippen molar-refractivity contribution in [1.29, 1.82) is 0 Å². The normalized spacial score (nSPS) is 15.6. The summed E-state index contributed by atoms with van der Waals surface area (Å²) in [5, 5.41) is 9.87. The molecule has 1 aliphatic rings. The predicted octanol–water partition coefficient (Wildman–Crippen LogP) is 1.79. The summed E-state index contributed by atoms with van der Waals surface area (Å²) >= 11 is 0. The summed E-state index contributed by atoms with van der Waals surface area (Å²) in [5.74, 6) is 1.85. The molecule has 2 aromatic rings. The topological polar surface area (TPSA) is 106 Å². The van der Waals surface area contributed by atoms with Crippen LogP contribution in [0.5, 0.6) is 5.75 Å². The van der Waals surface area contributed by atoms with Crippen molar-refractivity contribution in [3.63, 3.8) is 0 Å². The Kier molecular flexibility index (Phi) is 5.80. The molecule has 3 rings (SSSR count). The van der Waals surface area contributed by atoms with Crippen LogP contribution < -0.4 is 15.8 Å². The quantitative estimate of drug-likeness (QED) is 0.761. The molecule has 1 amide bonds. The van der Waals surface area contributed by atoms with Crippen molar-refractivity contribution in [2.24, 2.45) is 5.73 Å². The third kappa shape index (κ3) is 3.85. The molecule has 7 nitrogen and oxygen atoms in total. The van der Waals surface area contributed by atoms with Gasteiger partial charge in [0.2, 0.25) is 5.91 Å². The Morgan fingerprint density at radius 1 is 1.33 bits per heavy atom. The van der Waals surface area contributed by atoms with Crippen molar-refractivity contribution in [3.8, 4) is 17.1 Å². The molecule has 0 aliphatic heterocycles. The van der Waals surface area contributed by atoms with Crippen molar-refractivity contribution >= 4 is 18.3 Å². The Hall–Kier alpha value is -2.12. The number of hydrogen-bond donors (Lipinski definition) is 3. The molecule has 130 valence electrons. The van der Waals surface area contributed by atoms with Gasteiger partial charge >= 0.3 is 0 Å². The van der Waals surface area contributed by atoms with Gasteiger partial charge in [0.05, 0.1) is 19.2 Å². The van der Waals surface area contributed by atoms with E-state index in [1.807, 2.05) is 24.3 Å². The number of nitrogens with two attached hydrogens (primary N) is 1. The van der Waals surface area contributed by atoms with Gasteiger partial charge in [-0.25, -0.2) is 4.98 Å². The van der Waals surface area contributed by atoms with Gasteiger partial charge in [-0.2, -0.15) is 5.10 Å². The molecule has 8 heteroatoms. The summed E-state index contributed by atoms with van der Waals surface area (Å²) < 4.78 is 5.13. The minimum atomic E-state index is -0.723. The van der Waals surface area contributed by atoms with Crippen LogP contribution in [0.25, 0.3) is 11.4 Å².